The molecule has 0 saturated carbocycles. The summed E-state index contributed by atoms with van der Waals surface area (Å²) >= 11 is 0. The van der Waals surface area contributed by atoms with Crippen LogP contribution in [0.4, 0.5) is 0 Å². The molecule has 4 aromatic carbocycles. The van der Waals surface area contributed by atoms with Crippen molar-refractivity contribution in [1.29, 1.82) is 0 Å². The summed E-state index contributed by atoms with van der Waals surface area (Å²) in [5.41, 5.74) is 3.09. The van der Waals surface area contributed by atoms with E-state index < -0.39 is 11.9 Å². The van der Waals surface area contributed by atoms with Gasteiger partial charge < -0.3 is 9.47 Å². The van der Waals surface area contributed by atoms with Crippen molar-refractivity contribution in [3.05, 3.63) is 107 Å². The molecule has 0 fully saturated rings. The van der Waals surface area contributed by atoms with E-state index in [9.17, 15) is 9.59 Å². The van der Waals surface area contributed by atoms with Gasteiger partial charge in [0.2, 0.25) is 0 Å². The Hall–Kier alpha value is -3.92. The van der Waals surface area contributed by atoms with Gasteiger partial charge in [0.15, 0.2) is 0 Å². The van der Waals surface area contributed by atoms with E-state index in [0.29, 0.717) is 22.6 Å². The van der Waals surface area contributed by atoms with E-state index in [4.69, 9.17) is 9.47 Å². The van der Waals surface area contributed by atoms with Gasteiger partial charge in [-0.1, -0.05) is 47.5 Å². The van der Waals surface area contributed by atoms with E-state index in [2.05, 4.69) is 6.07 Å². The fourth-order valence-corrected chi connectivity index (χ4v) is 3.09. The minimum absolute atomic E-state index is 0.357. The van der Waals surface area contributed by atoms with Crippen LogP contribution in [0.2, 0.25) is 0 Å². The molecule has 0 aliphatic heterocycles. The first kappa shape index (κ1) is 19.4. The molecule has 0 aromatic heterocycles. The molecule has 0 unspecified atom stereocenters. The molecular formula is C26H20O4. The Kier molecular flexibility index (Phi) is 5.31. The van der Waals surface area contributed by atoms with Crippen LogP contribution in [0.15, 0.2) is 84.9 Å². The molecular weight excluding hydrogens is 376 g/mol. The Morgan fingerprint density at radius 1 is 0.533 bits per heavy atom. The van der Waals surface area contributed by atoms with Crippen molar-refractivity contribution in [1.82, 2.24) is 0 Å². The summed E-state index contributed by atoms with van der Waals surface area (Å²) in [6.45, 7) is 3.99. The first-order valence-electron chi connectivity index (χ1n) is 9.59. The van der Waals surface area contributed by atoms with Crippen LogP contribution in [0.5, 0.6) is 11.5 Å². The Morgan fingerprint density at radius 2 is 1.00 bits per heavy atom. The summed E-state index contributed by atoms with van der Waals surface area (Å²) in [6.07, 6.45) is 0. The van der Waals surface area contributed by atoms with Crippen molar-refractivity contribution >= 4 is 22.7 Å². The van der Waals surface area contributed by atoms with Crippen molar-refractivity contribution in [2.75, 3.05) is 0 Å². The normalized spacial score (nSPS) is 10.6. The molecule has 0 heterocycles. The maximum absolute atomic E-state index is 12.5. The van der Waals surface area contributed by atoms with Crippen LogP contribution in [0, 0.1) is 13.8 Å². The molecule has 0 amide bonds. The highest BCUT2D eigenvalue weighted by Gasteiger charge is 2.12. The number of hydrogen-bond donors (Lipinski definition) is 0. The highest BCUT2D eigenvalue weighted by Crippen LogP contribution is 2.20. The lowest BCUT2D eigenvalue weighted by molar-refractivity contribution is 0.0730. The van der Waals surface area contributed by atoms with Crippen molar-refractivity contribution in [3.8, 4) is 11.5 Å². The lowest BCUT2D eigenvalue weighted by Gasteiger charge is -2.08. The van der Waals surface area contributed by atoms with E-state index in [1.54, 1.807) is 42.5 Å². The second-order valence-corrected chi connectivity index (χ2v) is 7.18. The van der Waals surface area contributed by atoms with Crippen LogP contribution in [-0.2, 0) is 0 Å². The molecule has 4 rings (SSSR count). The van der Waals surface area contributed by atoms with Gasteiger partial charge in [-0.2, -0.15) is 0 Å². The summed E-state index contributed by atoms with van der Waals surface area (Å²) in [7, 11) is 0. The van der Waals surface area contributed by atoms with Gasteiger partial charge in [0.05, 0.1) is 11.1 Å². The van der Waals surface area contributed by atoms with Gasteiger partial charge in [0, 0.05) is 0 Å². The standard InChI is InChI=1S/C26H20O4/c1-17-4-11-23(12-5-17)29-25(27)19-9-13-24(14-10-19)30-26(28)22-8-7-20-15-18(2)3-6-21(20)16-22/h3-16H,1-2H3. The maximum Gasteiger partial charge on any atom is 0.343 e. The molecule has 4 heteroatoms. The third-order valence-corrected chi connectivity index (χ3v) is 4.76. The van der Waals surface area contributed by atoms with Crippen LogP contribution in [0.1, 0.15) is 31.8 Å². The molecule has 0 spiro atoms. The van der Waals surface area contributed by atoms with Crippen molar-refractivity contribution < 1.29 is 19.1 Å². The van der Waals surface area contributed by atoms with Gasteiger partial charge in [0.25, 0.3) is 0 Å². The van der Waals surface area contributed by atoms with Gasteiger partial charge in [-0.15, -0.1) is 0 Å². The Morgan fingerprint density at radius 3 is 1.67 bits per heavy atom. The number of carbonyl (C=O) groups is 2. The second kappa shape index (κ2) is 8.21. The third-order valence-electron chi connectivity index (χ3n) is 4.76. The lowest BCUT2D eigenvalue weighted by Crippen LogP contribution is -2.10. The third kappa shape index (κ3) is 4.39. The predicted octanol–water partition coefficient (Wildman–Crippen LogP) is 5.90. The van der Waals surface area contributed by atoms with Crippen molar-refractivity contribution in [3.63, 3.8) is 0 Å². The number of benzene rings is 4. The van der Waals surface area contributed by atoms with E-state index in [1.807, 2.05) is 50.2 Å². The number of aryl methyl sites for hydroxylation is 2. The minimum Gasteiger partial charge on any atom is -0.423 e. The summed E-state index contributed by atoms with van der Waals surface area (Å²) < 4.78 is 10.8. The fraction of sp³-hybridized carbons (Fsp3) is 0.0769. The van der Waals surface area contributed by atoms with Crippen LogP contribution >= 0.6 is 0 Å². The highest BCUT2D eigenvalue weighted by molar-refractivity contribution is 5.96. The van der Waals surface area contributed by atoms with Gasteiger partial charge in [0.1, 0.15) is 11.5 Å². The summed E-state index contributed by atoms with van der Waals surface area (Å²) in [4.78, 5) is 24.8. The van der Waals surface area contributed by atoms with Crippen LogP contribution < -0.4 is 9.47 Å². The predicted molar refractivity (Wildman–Crippen MR) is 116 cm³/mol. The van der Waals surface area contributed by atoms with Gasteiger partial charge in [-0.3, -0.25) is 0 Å². The van der Waals surface area contributed by atoms with Crippen molar-refractivity contribution in [2.45, 2.75) is 13.8 Å². The molecule has 0 bridgehead atoms. The first-order chi connectivity index (χ1) is 14.5. The zero-order chi connectivity index (χ0) is 21.1. The van der Waals surface area contributed by atoms with Crippen LogP contribution in [-0.4, -0.2) is 11.9 Å². The molecule has 4 aromatic rings. The molecule has 148 valence electrons. The number of esters is 2. The maximum atomic E-state index is 12.5. The highest BCUT2D eigenvalue weighted by atomic mass is 16.5. The number of hydrogen-bond acceptors (Lipinski definition) is 4. The average molecular weight is 396 g/mol. The second-order valence-electron chi connectivity index (χ2n) is 7.18. The van der Waals surface area contributed by atoms with Crippen molar-refractivity contribution in [2.24, 2.45) is 0 Å². The summed E-state index contributed by atoms with van der Waals surface area (Å²) in [6, 6.07) is 25.1. The number of rotatable bonds is 4. The molecule has 0 N–H and O–H groups in total. The largest absolute Gasteiger partial charge is 0.423 e. The number of carbonyl (C=O) groups excluding carboxylic acids is 2. The van der Waals surface area contributed by atoms with E-state index in [1.165, 1.54) is 5.56 Å². The van der Waals surface area contributed by atoms with E-state index in [0.717, 1.165) is 16.3 Å². The SMILES string of the molecule is Cc1ccc(OC(=O)c2ccc(OC(=O)c3ccc4cc(C)ccc4c3)cc2)cc1. The molecule has 30 heavy (non-hydrogen) atoms. The molecule has 4 nitrogen and oxygen atoms in total. The zero-order valence-electron chi connectivity index (χ0n) is 16.7. The fourth-order valence-electron chi connectivity index (χ4n) is 3.09. The number of fused-ring (bicyclic) bond motifs is 1. The Balaban J connectivity index is 1.43. The average Bonchev–Trinajstić information content (AvgIpc) is 2.75. The van der Waals surface area contributed by atoms with Gasteiger partial charge in [-0.05, 0) is 73.2 Å². The molecule has 0 radical (unpaired) electrons. The zero-order valence-corrected chi connectivity index (χ0v) is 16.7. The van der Waals surface area contributed by atoms with E-state index in [-0.39, 0.29) is 0 Å². The molecule has 0 saturated heterocycles. The van der Waals surface area contributed by atoms with Crippen LogP contribution in [0.25, 0.3) is 10.8 Å². The van der Waals surface area contributed by atoms with Gasteiger partial charge >= 0.3 is 11.9 Å². The van der Waals surface area contributed by atoms with Gasteiger partial charge in [-0.25, -0.2) is 9.59 Å². The molecule has 0 aliphatic rings. The summed E-state index contributed by atoms with van der Waals surface area (Å²) in [5.74, 6) is -0.0856. The summed E-state index contributed by atoms with van der Waals surface area (Å²) in [5, 5.41) is 2.05. The Labute approximate surface area is 174 Å². The number of ether oxygens (including phenoxy) is 2. The molecule has 0 aliphatic carbocycles. The Bertz CT molecular complexity index is 1220. The smallest absolute Gasteiger partial charge is 0.343 e. The quantitative estimate of drug-likeness (QED) is 0.319. The monoisotopic (exact) mass is 396 g/mol. The topological polar surface area (TPSA) is 52.6 Å². The molecule has 0 atom stereocenters. The lowest BCUT2D eigenvalue weighted by atomic mass is 10.0. The first-order valence-corrected chi connectivity index (χ1v) is 9.59. The minimum atomic E-state index is -0.471. The van der Waals surface area contributed by atoms with E-state index >= 15 is 0 Å². The van der Waals surface area contributed by atoms with Crippen LogP contribution in [0.3, 0.4) is 0 Å².